The zero-order chi connectivity index (χ0) is 20.9. The van der Waals surface area contributed by atoms with Crippen molar-refractivity contribution < 1.29 is 27.5 Å². The standard InChI is InChI=1S/C20H21F3N2O3/c1-13-4-9-18(28-3)17(12-13)25(14(2)26)11-10-24-19(27)15-5-7-16(8-6-15)20(21,22)23/h4-9,12H,10-11H2,1-3H3,(H,24,27). The normalized spacial score (nSPS) is 11.1. The molecule has 0 aromatic heterocycles. The molecule has 0 unspecified atom stereocenters. The molecule has 0 atom stereocenters. The number of anilines is 1. The molecule has 0 fully saturated rings. The number of amides is 2. The van der Waals surface area contributed by atoms with Gasteiger partial charge in [-0.2, -0.15) is 13.2 Å². The van der Waals surface area contributed by atoms with Crippen LogP contribution in [0.5, 0.6) is 5.75 Å². The van der Waals surface area contributed by atoms with Crippen LogP contribution >= 0.6 is 0 Å². The van der Waals surface area contributed by atoms with Crippen LogP contribution in [0.4, 0.5) is 18.9 Å². The van der Waals surface area contributed by atoms with E-state index in [4.69, 9.17) is 4.74 Å². The van der Waals surface area contributed by atoms with Crippen LogP contribution in [0.2, 0.25) is 0 Å². The molecule has 2 amide bonds. The maximum absolute atomic E-state index is 12.6. The number of carbonyl (C=O) groups is 2. The molecule has 0 aliphatic rings. The lowest BCUT2D eigenvalue weighted by atomic mass is 10.1. The number of rotatable bonds is 6. The van der Waals surface area contributed by atoms with Crippen molar-refractivity contribution in [2.45, 2.75) is 20.0 Å². The van der Waals surface area contributed by atoms with Crippen molar-refractivity contribution >= 4 is 17.5 Å². The van der Waals surface area contributed by atoms with Crippen molar-refractivity contribution in [2.75, 3.05) is 25.1 Å². The highest BCUT2D eigenvalue weighted by atomic mass is 19.4. The molecule has 1 N–H and O–H groups in total. The molecule has 150 valence electrons. The van der Waals surface area contributed by atoms with Crippen LogP contribution in [0.15, 0.2) is 42.5 Å². The van der Waals surface area contributed by atoms with E-state index in [1.165, 1.54) is 18.9 Å². The zero-order valence-corrected chi connectivity index (χ0v) is 15.8. The lowest BCUT2D eigenvalue weighted by Gasteiger charge is -2.24. The van der Waals surface area contributed by atoms with Crippen molar-refractivity contribution in [3.8, 4) is 5.75 Å². The largest absolute Gasteiger partial charge is 0.495 e. The van der Waals surface area contributed by atoms with Crippen molar-refractivity contribution in [3.05, 3.63) is 59.2 Å². The Balaban J connectivity index is 2.04. The molecule has 28 heavy (non-hydrogen) atoms. The first kappa shape index (κ1) is 21.3. The number of methoxy groups -OCH3 is 1. The third-order valence-corrected chi connectivity index (χ3v) is 4.10. The molecule has 0 aliphatic carbocycles. The Morgan fingerprint density at radius 3 is 2.29 bits per heavy atom. The van der Waals surface area contributed by atoms with Gasteiger partial charge in [0.1, 0.15) is 5.75 Å². The minimum Gasteiger partial charge on any atom is -0.495 e. The van der Waals surface area contributed by atoms with Gasteiger partial charge in [-0.25, -0.2) is 0 Å². The van der Waals surface area contributed by atoms with Crippen LogP contribution in [0, 0.1) is 6.92 Å². The Morgan fingerprint density at radius 1 is 1.11 bits per heavy atom. The van der Waals surface area contributed by atoms with Crippen LogP contribution < -0.4 is 15.0 Å². The second kappa shape index (κ2) is 8.77. The van der Waals surface area contributed by atoms with E-state index in [1.54, 1.807) is 12.1 Å². The smallest absolute Gasteiger partial charge is 0.416 e. The average Bonchev–Trinajstić information content (AvgIpc) is 2.64. The lowest BCUT2D eigenvalue weighted by molar-refractivity contribution is -0.137. The van der Waals surface area contributed by atoms with Gasteiger partial charge in [0.2, 0.25) is 5.91 Å². The number of alkyl halides is 3. The topological polar surface area (TPSA) is 58.6 Å². The highest BCUT2D eigenvalue weighted by Crippen LogP contribution is 2.30. The van der Waals surface area contributed by atoms with Gasteiger partial charge in [-0.15, -0.1) is 0 Å². The zero-order valence-electron chi connectivity index (χ0n) is 15.8. The Hall–Kier alpha value is -3.03. The van der Waals surface area contributed by atoms with E-state index < -0.39 is 17.6 Å². The number of carbonyl (C=O) groups excluding carboxylic acids is 2. The second-order valence-corrected chi connectivity index (χ2v) is 6.18. The number of hydrogen-bond donors (Lipinski definition) is 1. The van der Waals surface area contributed by atoms with Gasteiger partial charge in [-0.1, -0.05) is 6.07 Å². The Morgan fingerprint density at radius 2 is 1.75 bits per heavy atom. The summed E-state index contributed by atoms with van der Waals surface area (Å²) < 4.78 is 43.1. The van der Waals surface area contributed by atoms with Crippen molar-refractivity contribution in [1.82, 2.24) is 5.32 Å². The van der Waals surface area contributed by atoms with Crippen LogP contribution in [-0.4, -0.2) is 32.0 Å². The van der Waals surface area contributed by atoms with Crippen LogP contribution in [0.25, 0.3) is 0 Å². The molecule has 5 nitrogen and oxygen atoms in total. The summed E-state index contributed by atoms with van der Waals surface area (Å²) >= 11 is 0. The number of nitrogens with zero attached hydrogens (tertiary/aromatic N) is 1. The van der Waals surface area contributed by atoms with E-state index in [0.29, 0.717) is 11.4 Å². The summed E-state index contributed by atoms with van der Waals surface area (Å²) in [6, 6.07) is 9.35. The van der Waals surface area contributed by atoms with Gasteiger partial charge in [-0.3, -0.25) is 9.59 Å². The molecule has 2 aromatic rings. The first-order valence-corrected chi connectivity index (χ1v) is 8.51. The molecular formula is C20H21F3N2O3. The minimum atomic E-state index is -4.45. The Kier molecular flexibility index (Phi) is 6.66. The maximum atomic E-state index is 12.6. The van der Waals surface area contributed by atoms with Gasteiger partial charge in [-0.05, 0) is 48.9 Å². The molecule has 0 saturated carbocycles. The van der Waals surface area contributed by atoms with E-state index in [1.807, 2.05) is 13.0 Å². The third-order valence-electron chi connectivity index (χ3n) is 4.10. The highest BCUT2D eigenvalue weighted by molar-refractivity contribution is 5.95. The molecule has 0 bridgehead atoms. The van der Waals surface area contributed by atoms with E-state index in [-0.39, 0.29) is 24.6 Å². The van der Waals surface area contributed by atoms with Gasteiger partial charge in [0.25, 0.3) is 5.91 Å². The fourth-order valence-corrected chi connectivity index (χ4v) is 2.65. The molecule has 8 heteroatoms. The Bertz CT molecular complexity index is 849. The number of aryl methyl sites for hydroxylation is 1. The van der Waals surface area contributed by atoms with Gasteiger partial charge in [0.15, 0.2) is 0 Å². The summed E-state index contributed by atoms with van der Waals surface area (Å²) in [6.45, 7) is 3.59. The van der Waals surface area contributed by atoms with Gasteiger partial charge >= 0.3 is 6.18 Å². The number of halogens is 3. The summed E-state index contributed by atoms with van der Waals surface area (Å²) in [6.07, 6.45) is -4.45. The summed E-state index contributed by atoms with van der Waals surface area (Å²) in [7, 11) is 1.50. The molecular weight excluding hydrogens is 373 g/mol. The molecule has 2 aromatic carbocycles. The molecule has 0 saturated heterocycles. The molecule has 0 heterocycles. The maximum Gasteiger partial charge on any atom is 0.416 e. The van der Waals surface area contributed by atoms with Crippen LogP contribution in [-0.2, 0) is 11.0 Å². The summed E-state index contributed by atoms with van der Waals surface area (Å²) in [4.78, 5) is 25.7. The van der Waals surface area contributed by atoms with Gasteiger partial charge in [0.05, 0.1) is 18.4 Å². The van der Waals surface area contributed by atoms with Crippen molar-refractivity contribution in [3.63, 3.8) is 0 Å². The molecule has 2 rings (SSSR count). The SMILES string of the molecule is COc1ccc(C)cc1N(CCNC(=O)c1ccc(C(F)(F)F)cc1)C(C)=O. The molecule has 0 radical (unpaired) electrons. The lowest BCUT2D eigenvalue weighted by Crippen LogP contribution is -2.37. The summed E-state index contributed by atoms with van der Waals surface area (Å²) in [5.41, 5.74) is 0.809. The van der Waals surface area contributed by atoms with Crippen molar-refractivity contribution in [2.24, 2.45) is 0 Å². The molecule has 0 aliphatic heterocycles. The predicted octanol–water partition coefficient (Wildman–Crippen LogP) is 3.81. The summed E-state index contributed by atoms with van der Waals surface area (Å²) in [5.74, 6) is -0.226. The number of benzene rings is 2. The van der Waals surface area contributed by atoms with Gasteiger partial charge < -0.3 is 15.0 Å². The number of nitrogens with one attached hydrogen (secondary N) is 1. The fourth-order valence-electron chi connectivity index (χ4n) is 2.65. The van der Waals surface area contributed by atoms with E-state index in [0.717, 1.165) is 29.8 Å². The first-order valence-electron chi connectivity index (χ1n) is 8.51. The predicted molar refractivity (Wildman–Crippen MR) is 99.5 cm³/mol. The van der Waals surface area contributed by atoms with Crippen LogP contribution in [0.1, 0.15) is 28.4 Å². The summed E-state index contributed by atoms with van der Waals surface area (Å²) in [5, 5.41) is 2.61. The fraction of sp³-hybridized carbons (Fsp3) is 0.300. The number of hydrogen-bond acceptors (Lipinski definition) is 3. The van der Waals surface area contributed by atoms with E-state index in [9.17, 15) is 22.8 Å². The first-order chi connectivity index (χ1) is 13.1. The van der Waals surface area contributed by atoms with Crippen molar-refractivity contribution in [1.29, 1.82) is 0 Å². The van der Waals surface area contributed by atoms with Gasteiger partial charge in [0, 0.05) is 25.6 Å². The minimum absolute atomic E-state index is 0.107. The van der Waals surface area contributed by atoms with E-state index >= 15 is 0 Å². The Labute approximate surface area is 161 Å². The average molecular weight is 394 g/mol. The number of ether oxygens (including phenoxy) is 1. The third kappa shape index (κ3) is 5.25. The van der Waals surface area contributed by atoms with Crippen LogP contribution in [0.3, 0.4) is 0 Å². The quantitative estimate of drug-likeness (QED) is 0.811. The molecule has 0 spiro atoms. The monoisotopic (exact) mass is 394 g/mol. The highest BCUT2D eigenvalue weighted by Gasteiger charge is 2.30. The second-order valence-electron chi connectivity index (χ2n) is 6.18. The van der Waals surface area contributed by atoms with E-state index in [2.05, 4.69) is 5.32 Å².